The van der Waals surface area contributed by atoms with E-state index in [1.165, 1.54) is 12.7 Å². The SMILES string of the molecule is COC(=O)COc1cccc2c1c1c(n2Cc2ccccc2)CCC1C(N)=O. The van der Waals surface area contributed by atoms with Crippen LogP contribution in [0.3, 0.4) is 0 Å². The molecule has 0 spiro atoms. The second-order valence-electron chi connectivity index (χ2n) is 6.94. The molecule has 1 amide bonds. The number of amides is 1. The van der Waals surface area contributed by atoms with E-state index in [2.05, 4.69) is 21.4 Å². The fourth-order valence-corrected chi connectivity index (χ4v) is 4.07. The summed E-state index contributed by atoms with van der Waals surface area (Å²) in [5.41, 5.74) is 9.88. The summed E-state index contributed by atoms with van der Waals surface area (Å²) < 4.78 is 12.7. The van der Waals surface area contributed by atoms with Crippen molar-refractivity contribution < 1.29 is 19.1 Å². The molecule has 6 heteroatoms. The first kappa shape index (κ1) is 18.1. The average molecular weight is 378 g/mol. The Kier molecular flexibility index (Phi) is 4.77. The summed E-state index contributed by atoms with van der Waals surface area (Å²) >= 11 is 0. The molecule has 2 N–H and O–H groups in total. The second-order valence-corrected chi connectivity index (χ2v) is 6.94. The van der Waals surface area contributed by atoms with Crippen LogP contribution in [0.25, 0.3) is 10.9 Å². The molecule has 1 atom stereocenters. The zero-order valence-electron chi connectivity index (χ0n) is 15.7. The maximum atomic E-state index is 12.1. The normalized spacial score (nSPS) is 15.4. The maximum absolute atomic E-state index is 12.1. The van der Waals surface area contributed by atoms with Crippen molar-refractivity contribution in [3.63, 3.8) is 0 Å². The Labute approximate surface area is 162 Å². The van der Waals surface area contributed by atoms with Crippen LogP contribution >= 0.6 is 0 Å². The van der Waals surface area contributed by atoms with E-state index in [9.17, 15) is 9.59 Å². The molecule has 1 aromatic heterocycles. The number of benzene rings is 2. The van der Waals surface area contributed by atoms with Gasteiger partial charge in [0.05, 0.1) is 18.5 Å². The summed E-state index contributed by atoms with van der Waals surface area (Å²) in [5.74, 6) is -0.569. The summed E-state index contributed by atoms with van der Waals surface area (Å²) in [4.78, 5) is 23.6. The van der Waals surface area contributed by atoms with Crippen LogP contribution in [0.5, 0.6) is 5.75 Å². The molecule has 0 bridgehead atoms. The minimum atomic E-state index is -0.455. The van der Waals surface area contributed by atoms with Crippen LogP contribution in [0.1, 0.15) is 29.2 Å². The van der Waals surface area contributed by atoms with Crippen LogP contribution in [0, 0.1) is 0 Å². The minimum Gasteiger partial charge on any atom is -0.481 e. The summed E-state index contributed by atoms with van der Waals surface area (Å²) in [5, 5.41) is 0.860. The van der Waals surface area contributed by atoms with Gasteiger partial charge in [0.25, 0.3) is 0 Å². The molecule has 2 aromatic carbocycles. The molecule has 0 saturated carbocycles. The number of esters is 1. The molecule has 4 rings (SSSR count). The zero-order valence-corrected chi connectivity index (χ0v) is 15.7. The van der Waals surface area contributed by atoms with Crippen molar-refractivity contribution in [3.05, 3.63) is 65.4 Å². The van der Waals surface area contributed by atoms with Gasteiger partial charge in [0.15, 0.2) is 6.61 Å². The van der Waals surface area contributed by atoms with Crippen LogP contribution < -0.4 is 10.5 Å². The van der Waals surface area contributed by atoms with E-state index in [1.54, 1.807) is 0 Å². The second kappa shape index (κ2) is 7.38. The molecule has 6 nitrogen and oxygen atoms in total. The van der Waals surface area contributed by atoms with E-state index >= 15 is 0 Å². The number of nitrogens with zero attached hydrogens (tertiary/aromatic N) is 1. The largest absolute Gasteiger partial charge is 0.481 e. The number of hydrogen-bond acceptors (Lipinski definition) is 4. The van der Waals surface area contributed by atoms with Gasteiger partial charge >= 0.3 is 5.97 Å². The molecule has 1 heterocycles. The van der Waals surface area contributed by atoms with Crippen molar-refractivity contribution in [3.8, 4) is 5.75 Å². The molecule has 1 unspecified atom stereocenters. The minimum absolute atomic E-state index is 0.185. The molecule has 0 aliphatic heterocycles. The highest BCUT2D eigenvalue weighted by molar-refractivity contribution is 5.97. The van der Waals surface area contributed by atoms with Gasteiger partial charge in [-0.05, 0) is 36.1 Å². The van der Waals surface area contributed by atoms with E-state index < -0.39 is 5.97 Å². The Bertz CT molecular complexity index is 1040. The lowest BCUT2D eigenvalue weighted by Gasteiger charge is -2.12. The van der Waals surface area contributed by atoms with Gasteiger partial charge < -0.3 is 19.8 Å². The highest BCUT2D eigenvalue weighted by Crippen LogP contribution is 2.44. The highest BCUT2D eigenvalue weighted by atomic mass is 16.6. The molecule has 0 saturated heterocycles. The van der Waals surface area contributed by atoms with Gasteiger partial charge in [0.1, 0.15) is 5.75 Å². The lowest BCUT2D eigenvalue weighted by Crippen LogP contribution is -2.19. The maximum Gasteiger partial charge on any atom is 0.343 e. The number of primary amides is 1. The van der Waals surface area contributed by atoms with E-state index in [0.29, 0.717) is 18.7 Å². The van der Waals surface area contributed by atoms with Crippen molar-refractivity contribution in [1.29, 1.82) is 0 Å². The molecule has 28 heavy (non-hydrogen) atoms. The number of nitrogens with two attached hydrogens (primary N) is 1. The summed E-state index contributed by atoms with van der Waals surface area (Å²) in [6.45, 7) is 0.508. The van der Waals surface area contributed by atoms with Crippen molar-refractivity contribution in [2.24, 2.45) is 5.73 Å². The summed E-state index contributed by atoms with van der Waals surface area (Å²) in [6, 6.07) is 15.9. The zero-order chi connectivity index (χ0) is 19.7. The summed E-state index contributed by atoms with van der Waals surface area (Å²) in [6.07, 6.45) is 1.47. The molecular formula is C22H22N2O4. The number of methoxy groups -OCH3 is 1. The van der Waals surface area contributed by atoms with Gasteiger partial charge in [-0.25, -0.2) is 4.79 Å². The molecular weight excluding hydrogens is 356 g/mol. The molecule has 3 aromatic rings. The standard InChI is InChI=1S/C22H22N2O4/c1-27-19(25)13-28-18-9-5-8-16-21(18)20-15(22(23)26)10-11-17(20)24(16)12-14-6-3-2-4-7-14/h2-9,15H,10-13H2,1H3,(H2,23,26). The van der Waals surface area contributed by atoms with E-state index in [-0.39, 0.29) is 18.4 Å². The Hall–Kier alpha value is -3.28. The number of carbonyl (C=O) groups is 2. The fourth-order valence-electron chi connectivity index (χ4n) is 4.07. The summed E-state index contributed by atoms with van der Waals surface area (Å²) in [7, 11) is 1.32. The van der Waals surface area contributed by atoms with Crippen LogP contribution in [-0.4, -0.2) is 30.2 Å². The fraction of sp³-hybridized carbons (Fsp3) is 0.273. The molecule has 0 radical (unpaired) electrons. The number of ether oxygens (including phenoxy) is 2. The first-order valence-electron chi connectivity index (χ1n) is 9.27. The number of carbonyl (C=O) groups excluding carboxylic acids is 2. The van der Waals surface area contributed by atoms with Crippen molar-refractivity contribution >= 4 is 22.8 Å². The van der Waals surface area contributed by atoms with Gasteiger partial charge in [-0.15, -0.1) is 0 Å². The topological polar surface area (TPSA) is 83.6 Å². The lowest BCUT2D eigenvalue weighted by atomic mass is 9.99. The van der Waals surface area contributed by atoms with Crippen LogP contribution in [0.2, 0.25) is 0 Å². The van der Waals surface area contributed by atoms with E-state index in [0.717, 1.165) is 28.6 Å². The molecule has 1 aliphatic carbocycles. The van der Waals surface area contributed by atoms with Crippen LogP contribution in [0.15, 0.2) is 48.5 Å². The number of hydrogen-bond donors (Lipinski definition) is 1. The average Bonchev–Trinajstić information content (AvgIpc) is 3.27. The van der Waals surface area contributed by atoms with Gasteiger partial charge in [0, 0.05) is 17.6 Å². The first-order valence-corrected chi connectivity index (χ1v) is 9.27. The Balaban J connectivity index is 1.86. The van der Waals surface area contributed by atoms with Crippen molar-refractivity contribution in [2.45, 2.75) is 25.3 Å². The van der Waals surface area contributed by atoms with Crippen LogP contribution in [-0.2, 0) is 27.3 Å². The smallest absolute Gasteiger partial charge is 0.343 e. The van der Waals surface area contributed by atoms with E-state index in [4.69, 9.17) is 10.5 Å². The Morgan fingerprint density at radius 3 is 2.64 bits per heavy atom. The third-order valence-electron chi connectivity index (χ3n) is 5.32. The lowest BCUT2D eigenvalue weighted by molar-refractivity contribution is -0.142. The quantitative estimate of drug-likeness (QED) is 0.669. The molecule has 1 aliphatic rings. The predicted molar refractivity (Wildman–Crippen MR) is 105 cm³/mol. The van der Waals surface area contributed by atoms with Gasteiger partial charge in [-0.3, -0.25) is 4.79 Å². The van der Waals surface area contributed by atoms with E-state index in [1.807, 2.05) is 36.4 Å². The monoisotopic (exact) mass is 378 g/mol. The number of aromatic nitrogens is 1. The number of rotatable bonds is 6. The molecule has 0 fully saturated rings. The molecule has 144 valence electrons. The predicted octanol–water partition coefficient (Wildman–Crippen LogP) is 2.76. The first-order chi connectivity index (χ1) is 13.6. The number of fused-ring (bicyclic) bond motifs is 3. The van der Waals surface area contributed by atoms with Gasteiger partial charge in [0.2, 0.25) is 5.91 Å². The third-order valence-corrected chi connectivity index (χ3v) is 5.32. The van der Waals surface area contributed by atoms with Crippen LogP contribution in [0.4, 0.5) is 0 Å². The van der Waals surface area contributed by atoms with Crippen molar-refractivity contribution in [1.82, 2.24) is 4.57 Å². The third kappa shape index (κ3) is 3.11. The Morgan fingerprint density at radius 1 is 1.14 bits per heavy atom. The van der Waals surface area contributed by atoms with Gasteiger partial charge in [-0.1, -0.05) is 36.4 Å². The Morgan fingerprint density at radius 2 is 1.93 bits per heavy atom. The van der Waals surface area contributed by atoms with Gasteiger partial charge in [-0.2, -0.15) is 0 Å². The van der Waals surface area contributed by atoms with Crippen molar-refractivity contribution in [2.75, 3.05) is 13.7 Å². The highest BCUT2D eigenvalue weighted by Gasteiger charge is 2.34.